The Morgan fingerprint density at radius 3 is 2.40 bits per heavy atom. The van der Waals surface area contributed by atoms with Gasteiger partial charge in [-0.25, -0.2) is 4.98 Å². The van der Waals surface area contributed by atoms with Gasteiger partial charge < -0.3 is 24.3 Å². The Kier molecular flexibility index (Phi) is 9.39. The third-order valence-corrected chi connectivity index (χ3v) is 7.27. The molecule has 0 aliphatic heterocycles. The molecule has 2 aromatic heterocycles. The average molecular weight is 560 g/mol. The smallest absolute Gasteiger partial charge is 0.264 e. The molecule has 4 rings (SSSR count). The van der Waals surface area contributed by atoms with Crippen molar-refractivity contribution in [3.63, 3.8) is 0 Å². The number of hydrogen-bond acceptors (Lipinski definition) is 8. The van der Waals surface area contributed by atoms with Gasteiger partial charge in [-0.2, -0.15) is 0 Å². The van der Waals surface area contributed by atoms with Gasteiger partial charge in [0.05, 0.1) is 31.0 Å². The maximum Gasteiger partial charge on any atom is 0.264 e. The van der Waals surface area contributed by atoms with Crippen molar-refractivity contribution in [1.29, 1.82) is 0 Å². The molecule has 2 N–H and O–H groups in total. The molecule has 0 atom stereocenters. The Bertz CT molecular complexity index is 1550. The first-order chi connectivity index (χ1) is 19.4. The molecule has 0 unspecified atom stereocenters. The van der Waals surface area contributed by atoms with Crippen molar-refractivity contribution in [1.82, 2.24) is 9.97 Å². The Morgan fingerprint density at radius 2 is 1.77 bits per heavy atom. The molecular weight excluding hydrogens is 526 g/mol. The first-order valence-corrected chi connectivity index (χ1v) is 13.8. The summed E-state index contributed by atoms with van der Waals surface area (Å²) in [5, 5.41) is 14.5. The summed E-state index contributed by atoms with van der Waals surface area (Å²) < 4.78 is 17.2. The molecule has 4 aromatic rings. The van der Waals surface area contributed by atoms with Crippen LogP contribution < -0.4 is 15.0 Å². The summed E-state index contributed by atoms with van der Waals surface area (Å²) in [4.78, 5) is 25.2. The highest BCUT2D eigenvalue weighted by Crippen LogP contribution is 2.45. The quantitative estimate of drug-likeness (QED) is 0.125. The molecule has 0 aliphatic carbocycles. The van der Waals surface area contributed by atoms with E-state index >= 15 is 0 Å². The lowest BCUT2D eigenvalue weighted by Crippen LogP contribution is -2.23. The molecule has 0 amide bonds. The highest BCUT2D eigenvalue weighted by molar-refractivity contribution is 7.13. The molecule has 0 saturated heterocycles. The lowest BCUT2D eigenvalue weighted by atomic mass is 9.95. The Morgan fingerprint density at radius 1 is 1.07 bits per heavy atom. The number of methoxy groups -OCH3 is 2. The van der Waals surface area contributed by atoms with E-state index in [9.17, 15) is 9.90 Å². The van der Waals surface area contributed by atoms with Crippen molar-refractivity contribution >= 4 is 17.2 Å². The molecule has 0 bridgehead atoms. The number of aromatic hydroxyl groups is 1. The number of allylic oxidation sites excluding steroid dienone is 1. The van der Waals surface area contributed by atoms with Gasteiger partial charge in [0.15, 0.2) is 0 Å². The van der Waals surface area contributed by atoms with Gasteiger partial charge in [-0.05, 0) is 25.0 Å². The molecule has 9 heteroatoms. The van der Waals surface area contributed by atoms with E-state index in [0.29, 0.717) is 46.9 Å². The zero-order valence-electron chi connectivity index (χ0n) is 23.1. The van der Waals surface area contributed by atoms with Gasteiger partial charge in [-0.15, -0.1) is 11.3 Å². The van der Waals surface area contributed by atoms with Gasteiger partial charge in [0.25, 0.3) is 5.56 Å². The minimum atomic E-state index is -0.519. The summed E-state index contributed by atoms with van der Waals surface area (Å²) in [5.74, 6) is 0.980. The maximum atomic E-state index is 13.3. The predicted octanol–water partition coefficient (Wildman–Crippen LogP) is 6.38. The molecule has 2 aromatic carbocycles. The molecule has 0 radical (unpaired) electrons. The lowest BCUT2D eigenvalue weighted by molar-refractivity contribution is 0.394. The maximum absolute atomic E-state index is 13.3. The van der Waals surface area contributed by atoms with Crippen LogP contribution in [0.15, 0.2) is 76.0 Å². The number of ether oxygens (including phenoxy) is 3. The highest BCUT2D eigenvalue weighted by Gasteiger charge is 2.27. The summed E-state index contributed by atoms with van der Waals surface area (Å²) in [7, 11) is 4.58. The van der Waals surface area contributed by atoms with Crippen LogP contribution in [0.3, 0.4) is 0 Å². The van der Waals surface area contributed by atoms with Crippen LogP contribution in [0.2, 0.25) is 0 Å². The number of pyridine rings is 1. The molecule has 0 aliphatic rings. The second kappa shape index (κ2) is 13.1. The Hall–Kier alpha value is -4.37. The molecule has 0 saturated carbocycles. The van der Waals surface area contributed by atoms with Crippen LogP contribution >= 0.6 is 11.3 Å². The number of hydrogen-bond donors (Lipinski definition) is 2. The van der Waals surface area contributed by atoms with Crippen LogP contribution in [0.5, 0.6) is 17.2 Å². The number of aromatic nitrogens is 2. The summed E-state index contributed by atoms with van der Waals surface area (Å²) >= 11 is 1.53. The second-order valence-corrected chi connectivity index (χ2v) is 9.89. The van der Waals surface area contributed by atoms with Crippen LogP contribution in [-0.4, -0.2) is 42.2 Å². The van der Waals surface area contributed by atoms with E-state index in [4.69, 9.17) is 14.2 Å². The Labute approximate surface area is 237 Å². The van der Waals surface area contributed by atoms with Crippen LogP contribution in [0.4, 0.5) is 0 Å². The van der Waals surface area contributed by atoms with E-state index in [1.807, 2.05) is 35.7 Å². The van der Waals surface area contributed by atoms with E-state index in [1.165, 1.54) is 18.4 Å². The number of benzene rings is 2. The van der Waals surface area contributed by atoms with E-state index in [1.54, 1.807) is 32.4 Å². The third-order valence-electron chi connectivity index (χ3n) is 6.33. The summed E-state index contributed by atoms with van der Waals surface area (Å²) in [6.45, 7) is 6.08. The van der Waals surface area contributed by atoms with Gasteiger partial charge in [-0.1, -0.05) is 56.3 Å². The topological polar surface area (TPSA) is 106 Å². The number of rotatable bonds is 11. The predicted molar refractivity (Wildman–Crippen MR) is 160 cm³/mol. The van der Waals surface area contributed by atoms with E-state index in [2.05, 4.69) is 28.5 Å². The van der Waals surface area contributed by atoms with Gasteiger partial charge in [0.1, 0.15) is 33.6 Å². The monoisotopic (exact) mass is 559 g/mol. The second-order valence-electron chi connectivity index (χ2n) is 9.03. The fraction of sp³-hybridized carbons (Fsp3) is 0.258. The molecule has 208 valence electrons. The first kappa shape index (κ1) is 28.6. The number of aromatic amines is 1. The van der Waals surface area contributed by atoms with Crippen molar-refractivity contribution in [2.75, 3.05) is 21.3 Å². The molecule has 2 heterocycles. The largest absolute Gasteiger partial charge is 0.506 e. The van der Waals surface area contributed by atoms with Gasteiger partial charge >= 0.3 is 0 Å². The first-order valence-electron chi connectivity index (χ1n) is 12.9. The van der Waals surface area contributed by atoms with Crippen molar-refractivity contribution in [2.45, 2.75) is 32.6 Å². The molecule has 0 fully saturated rings. The SMILES string of the molecule is C=C(Cc1csc(-c2ccccc2)n1)OC(=NC)c1c(O)c(-c2c(OC)cccc2OC)c(CCCC)[nH]c1=O. The zero-order valence-corrected chi connectivity index (χ0v) is 23.9. The fourth-order valence-electron chi connectivity index (χ4n) is 4.43. The van der Waals surface area contributed by atoms with Crippen LogP contribution in [0.1, 0.15) is 36.7 Å². The minimum absolute atomic E-state index is 0.0561. The summed E-state index contributed by atoms with van der Waals surface area (Å²) in [5.41, 5.74) is 2.68. The standard InChI is InChI=1S/C31H33N3O5S/c1-6-7-14-22-25(26-23(37-4)15-11-16-24(26)38-5)28(35)27(29(36)34-22)30(32-3)39-19(2)17-21-18-40-31(33-21)20-12-9-8-10-13-20/h8-13,15-16,18H,2,6-7,14,17H2,1,3-5H3,(H2,34,35,36). The van der Waals surface area contributed by atoms with E-state index in [-0.39, 0.29) is 17.2 Å². The van der Waals surface area contributed by atoms with Crippen molar-refractivity contribution < 1.29 is 19.3 Å². The molecule has 40 heavy (non-hydrogen) atoms. The number of aryl methyl sites for hydroxylation is 1. The van der Waals surface area contributed by atoms with Gasteiger partial charge in [-0.3, -0.25) is 9.79 Å². The number of H-pyrrole nitrogens is 1. The minimum Gasteiger partial charge on any atom is -0.506 e. The van der Waals surface area contributed by atoms with Crippen molar-refractivity contribution in [3.05, 3.63) is 93.6 Å². The highest BCUT2D eigenvalue weighted by atomic mass is 32.1. The van der Waals surface area contributed by atoms with E-state index in [0.717, 1.165) is 29.1 Å². The van der Waals surface area contributed by atoms with Crippen molar-refractivity contribution in [3.8, 4) is 38.9 Å². The number of nitrogens with one attached hydrogen (secondary N) is 1. The van der Waals surface area contributed by atoms with Gasteiger partial charge in [0, 0.05) is 30.1 Å². The number of unbranched alkanes of at least 4 members (excludes halogenated alkanes) is 1. The lowest BCUT2D eigenvalue weighted by Gasteiger charge is -2.20. The molecular formula is C31H33N3O5S. The fourth-order valence-corrected chi connectivity index (χ4v) is 5.25. The average Bonchev–Trinajstić information content (AvgIpc) is 3.43. The summed E-state index contributed by atoms with van der Waals surface area (Å²) in [6.07, 6.45) is 2.55. The van der Waals surface area contributed by atoms with E-state index < -0.39 is 5.56 Å². The number of thiazole rings is 1. The third kappa shape index (κ3) is 6.10. The van der Waals surface area contributed by atoms with Crippen LogP contribution in [-0.2, 0) is 17.6 Å². The molecule has 8 nitrogen and oxygen atoms in total. The van der Waals surface area contributed by atoms with Crippen LogP contribution in [0, 0.1) is 0 Å². The number of aliphatic imine (C=N–C) groups is 1. The summed E-state index contributed by atoms with van der Waals surface area (Å²) in [6, 6.07) is 15.2. The molecule has 0 spiro atoms. The number of nitrogens with zero attached hydrogens (tertiary/aromatic N) is 2. The van der Waals surface area contributed by atoms with Gasteiger partial charge in [0.2, 0.25) is 5.90 Å². The Balaban J connectivity index is 1.71. The van der Waals surface area contributed by atoms with Crippen molar-refractivity contribution in [2.24, 2.45) is 4.99 Å². The van der Waals surface area contributed by atoms with Crippen LogP contribution in [0.25, 0.3) is 21.7 Å². The zero-order chi connectivity index (χ0) is 28.6. The normalized spacial score (nSPS) is 11.3.